The summed E-state index contributed by atoms with van der Waals surface area (Å²) in [5, 5.41) is 15.0. The molecule has 0 heterocycles. The third-order valence-electron chi connectivity index (χ3n) is 3.69. The van der Waals surface area contributed by atoms with E-state index in [-0.39, 0.29) is 11.7 Å². The van der Waals surface area contributed by atoms with Gasteiger partial charge in [0.2, 0.25) is 5.91 Å². The zero-order chi connectivity index (χ0) is 13.4. The van der Waals surface area contributed by atoms with Crippen LogP contribution < -0.4 is 11.1 Å². The molecular weight excluding hydrogens is 230 g/mol. The van der Waals surface area contributed by atoms with E-state index in [2.05, 4.69) is 17.4 Å². The van der Waals surface area contributed by atoms with Gasteiger partial charge >= 0.3 is 0 Å². The lowest BCUT2D eigenvalue weighted by Crippen LogP contribution is -2.58. The van der Waals surface area contributed by atoms with Crippen molar-refractivity contribution in [1.82, 2.24) is 5.32 Å². The van der Waals surface area contributed by atoms with E-state index in [1.54, 1.807) is 0 Å². The molecule has 0 aromatic heterocycles. The number of nitrogens with zero attached hydrogens (tertiary/aromatic N) is 1. The molecule has 1 saturated carbocycles. The summed E-state index contributed by atoms with van der Waals surface area (Å²) >= 11 is 0. The van der Waals surface area contributed by atoms with E-state index < -0.39 is 5.54 Å². The minimum atomic E-state index is -0.615. The lowest BCUT2D eigenvalue weighted by atomic mass is 9.80. The van der Waals surface area contributed by atoms with Gasteiger partial charge in [-0.05, 0) is 19.3 Å². The molecule has 104 valence electrons. The second-order valence-corrected chi connectivity index (χ2v) is 5.13. The Balaban J connectivity index is 2.58. The van der Waals surface area contributed by atoms with Gasteiger partial charge in [0, 0.05) is 6.42 Å². The first-order valence-corrected chi connectivity index (χ1v) is 6.93. The number of rotatable bonds is 6. The van der Waals surface area contributed by atoms with Crippen LogP contribution in [-0.4, -0.2) is 22.5 Å². The quantitative estimate of drug-likeness (QED) is 0.223. The highest BCUT2D eigenvalue weighted by Gasteiger charge is 2.37. The monoisotopic (exact) mass is 255 g/mol. The molecule has 0 spiro atoms. The highest BCUT2D eigenvalue weighted by atomic mass is 16.4. The Labute approximate surface area is 109 Å². The molecule has 0 atom stereocenters. The Hall–Kier alpha value is -1.26. The summed E-state index contributed by atoms with van der Waals surface area (Å²) in [5.74, 6) is 0.156. The number of amides is 1. The van der Waals surface area contributed by atoms with Crippen molar-refractivity contribution in [2.75, 3.05) is 0 Å². The Morgan fingerprint density at radius 1 is 1.33 bits per heavy atom. The maximum absolute atomic E-state index is 11.9. The zero-order valence-corrected chi connectivity index (χ0v) is 11.2. The van der Waals surface area contributed by atoms with Gasteiger partial charge in [0.1, 0.15) is 5.54 Å². The second kappa shape index (κ2) is 7.24. The Kier molecular flexibility index (Phi) is 5.95. The predicted molar refractivity (Wildman–Crippen MR) is 71.5 cm³/mol. The highest BCUT2D eigenvalue weighted by molar-refractivity contribution is 5.93. The maximum Gasteiger partial charge on any atom is 0.220 e. The Morgan fingerprint density at radius 3 is 2.56 bits per heavy atom. The number of unbranched alkanes of at least 4 members (excludes halogenated alkanes) is 2. The van der Waals surface area contributed by atoms with Crippen LogP contribution in [0.25, 0.3) is 0 Å². The van der Waals surface area contributed by atoms with Crippen molar-refractivity contribution in [2.45, 2.75) is 70.3 Å². The molecule has 0 saturated heterocycles. The molecule has 1 aliphatic rings. The molecule has 0 aromatic carbocycles. The largest absolute Gasteiger partial charge is 0.409 e. The van der Waals surface area contributed by atoms with E-state index in [0.29, 0.717) is 6.42 Å². The van der Waals surface area contributed by atoms with Gasteiger partial charge < -0.3 is 16.3 Å². The first-order chi connectivity index (χ1) is 8.64. The van der Waals surface area contributed by atoms with Crippen LogP contribution in [0.5, 0.6) is 0 Å². The lowest BCUT2D eigenvalue weighted by Gasteiger charge is -2.36. The molecule has 1 rings (SSSR count). The number of nitrogens with one attached hydrogen (secondary N) is 1. The van der Waals surface area contributed by atoms with Crippen molar-refractivity contribution in [1.29, 1.82) is 0 Å². The normalized spacial score (nSPS) is 19.5. The van der Waals surface area contributed by atoms with Gasteiger partial charge in [-0.3, -0.25) is 4.79 Å². The van der Waals surface area contributed by atoms with Crippen LogP contribution in [0.15, 0.2) is 5.16 Å². The standard InChI is InChI=1S/C13H25N3O2/c1-2-3-5-8-11(17)15-13(12(14)16-18)9-6-4-7-10-13/h18H,2-10H2,1H3,(H2,14,16)(H,15,17). The topological polar surface area (TPSA) is 87.7 Å². The molecule has 1 aliphatic carbocycles. The number of carbonyl (C=O) groups excluding carboxylic acids is 1. The fraction of sp³-hybridized carbons (Fsp3) is 0.846. The number of hydrogen-bond donors (Lipinski definition) is 3. The van der Waals surface area contributed by atoms with Gasteiger partial charge in [0.05, 0.1) is 0 Å². The fourth-order valence-corrected chi connectivity index (χ4v) is 2.56. The first kappa shape index (κ1) is 14.8. The summed E-state index contributed by atoms with van der Waals surface area (Å²) in [4.78, 5) is 11.9. The Bertz CT molecular complexity index is 297. The molecule has 0 aromatic rings. The maximum atomic E-state index is 11.9. The molecular formula is C13H25N3O2. The fourth-order valence-electron chi connectivity index (χ4n) is 2.56. The van der Waals surface area contributed by atoms with Crippen molar-refractivity contribution < 1.29 is 10.0 Å². The average molecular weight is 255 g/mol. The van der Waals surface area contributed by atoms with Crippen molar-refractivity contribution in [3.05, 3.63) is 0 Å². The van der Waals surface area contributed by atoms with Gasteiger partial charge in [0.15, 0.2) is 5.84 Å². The van der Waals surface area contributed by atoms with E-state index in [9.17, 15) is 4.79 Å². The molecule has 0 unspecified atom stereocenters. The molecule has 5 heteroatoms. The summed E-state index contributed by atoms with van der Waals surface area (Å²) in [6, 6.07) is 0. The van der Waals surface area contributed by atoms with Crippen LogP contribution >= 0.6 is 0 Å². The first-order valence-electron chi connectivity index (χ1n) is 6.93. The number of nitrogens with two attached hydrogens (primary N) is 1. The lowest BCUT2D eigenvalue weighted by molar-refractivity contribution is -0.122. The minimum Gasteiger partial charge on any atom is -0.409 e. The summed E-state index contributed by atoms with van der Waals surface area (Å²) in [6.07, 6.45) is 8.26. The van der Waals surface area contributed by atoms with E-state index in [1.807, 2.05) is 0 Å². The van der Waals surface area contributed by atoms with Crippen molar-refractivity contribution in [3.8, 4) is 0 Å². The third kappa shape index (κ3) is 3.89. The van der Waals surface area contributed by atoms with Crippen LogP contribution in [-0.2, 0) is 4.79 Å². The molecule has 4 N–H and O–H groups in total. The summed E-state index contributed by atoms with van der Waals surface area (Å²) in [6.45, 7) is 2.11. The smallest absolute Gasteiger partial charge is 0.220 e. The average Bonchev–Trinajstić information content (AvgIpc) is 2.39. The molecule has 5 nitrogen and oxygen atoms in total. The van der Waals surface area contributed by atoms with Crippen molar-refractivity contribution >= 4 is 11.7 Å². The van der Waals surface area contributed by atoms with Crippen molar-refractivity contribution in [3.63, 3.8) is 0 Å². The predicted octanol–water partition coefficient (Wildman–Crippen LogP) is 2.13. The van der Waals surface area contributed by atoms with Gasteiger partial charge in [0.25, 0.3) is 0 Å². The number of hydrogen-bond acceptors (Lipinski definition) is 3. The minimum absolute atomic E-state index is 0.0111. The molecule has 1 amide bonds. The van der Waals surface area contributed by atoms with Crippen LogP contribution in [0.3, 0.4) is 0 Å². The van der Waals surface area contributed by atoms with E-state index in [1.165, 1.54) is 0 Å². The van der Waals surface area contributed by atoms with Gasteiger partial charge in [-0.25, -0.2) is 0 Å². The number of carbonyl (C=O) groups is 1. The van der Waals surface area contributed by atoms with Crippen LogP contribution in [0.2, 0.25) is 0 Å². The zero-order valence-electron chi connectivity index (χ0n) is 11.2. The summed E-state index contributed by atoms with van der Waals surface area (Å²) in [7, 11) is 0. The molecule has 0 radical (unpaired) electrons. The van der Waals surface area contributed by atoms with Gasteiger partial charge in [-0.1, -0.05) is 44.2 Å². The third-order valence-corrected chi connectivity index (χ3v) is 3.69. The van der Waals surface area contributed by atoms with Crippen LogP contribution in [0.4, 0.5) is 0 Å². The molecule has 0 aliphatic heterocycles. The molecule has 0 bridgehead atoms. The van der Waals surface area contributed by atoms with E-state index in [4.69, 9.17) is 10.9 Å². The second-order valence-electron chi connectivity index (χ2n) is 5.13. The SMILES string of the molecule is CCCCCC(=O)NC1(/C(N)=N/O)CCCCC1. The Morgan fingerprint density at radius 2 is 2.00 bits per heavy atom. The highest BCUT2D eigenvalue weighted by Crippen LogP contribution is 2.28. The number of oxime groups is 1. The van der Waals surface area contributed by atoms with Gasteiger partial charge in [-0.2, -0.15) is 0 Å². The molecule has 1 fully saturated rings. The van der Waals surface area contributed by atoms with E-state index in [0.717, 1.165) is 51.4 Å². The molecule has 18 heavy (non-hydrogen) atoms. The van der Waals surface area contributed by atoms with Crippen molar-refractivity contribution in [2.24, 2.45) is 10.9 Å². The summed E-state index contributed by atoms with van der Waals surface area (Å²) in [5.41, 5.74) is 5.16. The van der Waals surface area contributed by atoms with Crippen LogP contribution in [0.1, 0.15) is 64.7 Å². The number of amidine groups is 1. The van der Waals surface area contributed by atoms with Gasteiger partial charge in [-0.15, -0.1) is 0 Å². The van der Waals surface area contributed by atoms with Crippen LogP contribution in [0, 0.1) is 0 Å². The summed E-state index contributed by atoms with van der Waals surface area (Å²) < 4.78 is 0. The van der Waals surface area contributed by atoms with E-state index >= 15 is 0 Å².